The molecule has 1 N–H and O–H groups in total. The quantitative estimate of drug-likeness (QED) is 0.376. The number of aliphatic carboxylic acids is 1. The number of rotatable bonds is 6. The standard InChI is InChI=1S/C28H29F4N3O5/c1-15-3-8-19-21(34(15)27(38)39-2)9-10-22-24(19)33-23(35(22)18-12-28(31,32)14-40-13-18)11-20(26(36)37)16-4-6-17(7-5-16)25(29)30/h4-7,9-10,15,18,20,25H,3,8,11-14H2,1-2H3,(H,36,37)/t15-,18-,20-/m0/s1. The van der Waals surface area contributed by atoms with Crippen molar-refractivity contribution < 1.29 is 41.7 Å². The summed E-state index contributed by atoms with van der Waals surface area (Å²) in [6.45, 7) is 1.17. The predicted molar refractivity (Wildman–Crippen MR) is 137 cm³/mol. The molecule has 0 aliphatic carbocycles. The lowest BCUT2D eigenvalue weighted by Crippen LogP contribution is -2.42. The van der Waals surface area contributed by atoms with Gasteiger partial charge in [0.25, 0.3) is 12.3 Å². The summed E-state index contributed by atoms with van der Waals surface area (Å²) in [6.07, 6.45) is -2.76. The van der Waals surface area contributed by atoms with E-state index in [1.807, 2.05) is 6.92 Å². The minimum absolute atomic E-state index is 0.0166. The highest BCUT2D eigenvalue weighted by atomic mass is 19.3. The maximum Gasteiger partial charge on any atom is 0.414 e. The Morgan fingerprint density at radius 2 is 1.88 bits per heavy atom. The second-order valence-electron chi connectivity index (χ2n) is 10.3. The first-order valence-corrected chi connectivity index (χ1v) is 13.0. The highest BCUT2D eigenvalue weighted by Crippen LogP contribution is 2.40. The number of ether oxygens (including phenoxy) is 2. The van der Waals surface area contributed by atoms with Crippen molar-refractivity contribution in [2.75, 3.05) is 25.2 Å². The fraction of sp³-hybridized carbons (Fsp3) is 0.464. The van der Waals surface area contributed by atoms with Gasteiger partial charge in [0.05, 0.1) is 42.4 Å². The van der Waals surface area contributed by atoms with Crippen molar-refractivity contribution in [3.63, 3.8) is 0 Å². The van der Waals surface area contributed by atoms with Crippen LogP contribution in [0.4, 0.5) is 28.0 Å². The number of imidazole rings is 1. The number of aryl methyl sites for hydroxylation is 1. The zero-order chi connectivity index (χ0) is 28.8. The minimum atomic E-state index is -3.08. The first kappa shape index (κ1) is 27.9. The summed E-state index contributed by atoms with van der Waals surface area (Å²) in [7, 11) is 1.29. The van der Waals surface area contributed by atoms with Crippen molar-refractivity contribution >= 4 is 28.8 Å². The normalized spacial score (nSPS) is 21.3. The summed E-state index contributed by atoms with van der Waals surface area (Å²) in [5, 5.41) is 10.1. The number of alkyl halides is 4. The van der Waals surface area contributed by atoms with Crippen molar-refractivity contribution in [1.29, 1.82) is 0 Å². The molecule has 0 radical (unpaired) electrons. The number of carboxylic acids is 1. The SMILES string of the molecule is COC(=O)N1c2ccc3c(nc(C[C@H](C(=O)O)c4ccc(C(F)F)cc4)n3[C@@H]3COCC(F)(F)C3)c2CC[C@@H]1C. The fourth-order valence-corrected chi connectivity index (χ4v) is 5.75. The van der Waals surface area contributed by atoms with Crippen LogP contribution >= 0.6 is 0 Å². The number of aromatic nitrogens is 2. The van der Waals surface area contributed by atoms with E-state index in [1.54, 1.807) is 16.7 Å². The van der Waals surface area contributed by atoms with Gasteiger partial charge in [-0.25, -0.2) is 27.3 Å². The molecule has 3 heterocycles. The van der Waals surface area contributed by atoms with E-state index in [1.165, 1.54) is 36.3 Å². The van der Waals surface area contributed by atoms with Crippen LogP contribution in [0.3, 0.4) is 0 Å². The Balaban J connectivity index is 1.64. The first-order chi connectivity index (χ1) is 19.0. The summed E-state index contributed by atoms with van der Waals surface area (Å²) < 4.78 is 66.9. The molecule has 1 fully saturated rings. The molecule has 3 atom stereocenters. The smallest absolute Gasteiger partial charge is 0.414 e. The third-order valence-electron chi connectivity index (χ3n) is 7.70. The third kappa shape index (κ3) is 5.12. The molecule has 2 aliphatic rings. The van der Waals surface area contributed by atoms with Gasteiger partial charge in [0.1, 0.15) is 12.4 Å². The molecule has 2 aromatic carbocycles. The van der Waals surface area contributed by atoms with E-state index in [-0.39, 0.29) is 36.0 Å². The van der Waals surface area contributed by atoms with Crippen molar-refractivity contribution in [2.24, 2.45) is 0 Å². The average Bonchev–Trinajstić information content (AvgIpc) is 3.29. The minimum Gasteiger partial charge on any atom is -0.481 e. The van der Waals surface area contributed by atoms with Crippen LogP contribution in [0.25, 0.3) is 11.0 Å². The lowest BCUT2D eigenvalue weighted by atomic mass is 9.94. The number of anilines is 1. The van der Waals surface area contributed by atoms with Crippen LogP contribution < -0.4 is 4.90 Å². The third-order valence-corrected chi connectivity index (χ3v) is 7.70. The Morgan fingerprint density at radius 1 is 1.18 bits per heavy atom. The van der Waals surface area contributed by atoms with E-state index in [9.17, 15) is 32.3 Å². The van der Waals surface area contributed by atoms with Crippen molar-refractivity contribution in [2.45, 2.75) is 63.0 Å². The predicted octanol–water partition coefficient (Wildman–Crippen LogP) is 5.89. The Labute approximate surface area is 227 Å². The Morgan fingerprint density at radius 3 is 2.50 bits per heavy atom. The number of carbonyl (C=O) groups is 2. The maximum absolute atomic E-state index is 14.5. The largest absolute Gasteiger partial charge is 0.481 e. The van der Waals surface area contributed by atoms with Crippen molar-refractivity contribution in [3.8, 4) is 0 Å². The summed E-state index contributed by atoms with van der Waals surface area (Å²) in [5.74, 6) is -5.21. The molecule has 0 saturated carbocycles. The molecule has 0 spiro atoms. The molecule has 12 heteroatoms. The van der Waals surface area contributed by atoms with E-state index in [2.05, 4.69) is 0 Å². The van der Waals surface area contributed by atoms with Gasteiger partial charge in [-0.2, -0.15) is 0 Å². The number of carboxylic acid groups (broad SMARTS) is 1. The van der Waals surface area contributed by atoms with Gasteiger partial charge in [-0.05, 0) is 37.5 Å². The summed E-state index contributed by atoms with van der Waals surface area (Å²) >= 11 is 0. The lowest BCUT2D eigenvalue weighted by Gasteiger charge is -2.34. The first-order valence-electron chi connectivity index (χ1n) is 13.0. The molecule has 0 bridgehead atoms. The van der Waals surface area contributed by atoms with E-state index >= 15 is 0 Å². The van der Waals surface area contributed by atoms with Gasteiger partial charge in [-0.1, -0.05) is 24.3 Å². The highest BCUT2D eigenvalue weighted by molar-refractivity contribution is 5.95. The van der Waals surface area contributed by atoms with E-state index in [0.717, 1.165) is 5.56 Å². The molecular formula is C28H29F4N3O5. The molecule has 214 valence electrons. The molecule has 2 aliphatic heterocycles. The van der Waals surface area contributed by atoms with Crippen molar-refractivity contribution in [1.82, 2.24) is 9.55 Å². The lowest BCUT2D eigenvalue weighted by molar-refractivity contribution is -0.139. The van der Waals surface area contributed by atoms with E-state index in [4.69, 9.17) is 14.5 Å². The number of hydrogen-bond donors (Lipinski definition) is 1. The zero-order valence-corrected chi connectivity index (χ0v) is 21.9. The van der Waals surface area contributed by atoms with Crippen LogP contribution in [0, 0.1) is 0 Å². The Hall–Kier alpha value is -3.67. The highest BCUT2D eigenvalue weighted by Gasteiger charge is 2.40. The van der Waals surface area contributed by atoms with Crippen LogP contribution in [0.15, 0.2) is 36.4 Å². The number of nitrogens with zero attached hydrogens (tertiary/aromatic N) is 3. The zero-order valence-electron chi connectivity index (χ0n) is 21.9. The molecule has 3 aromatic rings. The van der Waals surface area contributed by atoms with Gasteiger partial charge >= 0.3 is 12.1 Å². The van der Waals surface area contributed by atoms with Gasteiger partial charge in [0.15, 0.2) is 0 Å². The van der Waals surface area contributed by atoms with Crippen LogP contribution in [-0.2, 0) is 27.1 Å². The number of fused-ring (bicyclic) bond motifs is 3. The molecule has 8 nitrogen and oxygen atoms in total. The Bertz CT molecular complexity index is 1430. The number of hydrogen-bond acceptors (Lipinski definition) is 5. The summed E-state index contributed by atoms with van der Waals surface area (Å²) in [6, 6.07) is 7.48. The maximum atomic E-state index is 14.5. The molecular weight excluding hydrogens is 534 g/mol. The number of methoxy groups -OCH3 is 1. The van der Waals surface area contributed by atoms with Gasteiger partial charge in [-0.3, -0.25) is 9.69 Å². The van der Waals surface area contributed by atoms with Crippen LogP contribution in [0.2, 0.25) is 0 Å². The molecule has 5 rings (SSSR count). The van der Waals surface area contributed by atoms with Crippen molar-refractivity contribution in [3.05, 3.63) is 58.9 Å². The molecule has 0 unspecified atom stereocenters. The van der Waals surface area contributed by atoms with Gasteiger partial charge in [-0.15, -0.1) is 0 Å². The summed E-state index contributed by atoms with van der Waals surface area (Å²) in [4.78, 5) is 31.3. The number of benzene rings is 2. The Kier molecular flexibility index (Phi) is 7.47. The van der Waals surface area contributed by atoms with Crippen LogP contribution in [-0.4, -0.2) is 59.0 Å². The average molecular weight is 564 g/mol. The topological polar surface area (TPSA) is 93.9 Å². The second kappa shape index (κ2) is 10.7. The van der Waals surface area contributed by atoms with Gasteiger partial charge in [0, 0.05) is 30.0 Å². The van der Waals surface area contributed by atoms with Crippen LogP contribution in [0.5, 0.6) is 0 Å². The van der Waals surface area contributed by atoms with Gasteiger partial charge in [0.2, 0.25) is 0 Å². The molecule has 1 aromatic heterocycles. The number of amides is 1. The van der Waals surface area contributed by atoms with Crippen LogP contribution in [0.1, 0.15) is 60.7 Å². The fourth-order valence-electron chi connectivity index (χ4n) is 5.75. The monoisotopic (exact) mass is 563 g/mol. The summed E-state index contributed by atoms with van der Waals surface area (Å²) in [5.41, 5.74) is 2.39. The van der Waals surface area contributed by atoms with E-state index < -0.39 is 49.4 Å². The molecule has 40 heavy (non-hydrogen) atoms. The van der Waals surface area contributed by atoms with Gasteiger partial charge < -0.3 is 19.1 Å². The molecule has 1 saturated heterocycles. The molecule has 1 amide bonds. The number of carbonyl (C=O) groups excluding carboxylic acids is 1. The van der Waals surface area contributed by atoms with E-state index in [0.29, 0.717) is 29.6 Å². The second-order valence-corrected chi connectivity index (χ2v) is 10.3. The number of halogens is 4.